The molecule has 0 heterocycles. The molecule has 0 unspecified atom stereocenters. The van der Waals surface area contributed by atoms with Crippen LogP contribution in [0, 0.1) is 35.5 Å². The number of hydrogen-bond donors (Lipinski definition) is 28. The third-order valence-electron chi connectivity index (χ3n) is 18.2. The fraction of sp³-hybridized carbons (Fsp3) is 0.704. The molecule has 0 aliphatic heterocycles. The number of guanidine groups is 4. The summed E-state index contributed by atoms with van der Waals surface area (Å²) in [6.45, 7) is 23.2. The molecule has 0 bridgehead atoms. The third-order valence-corrected chi connectivity index (χ3v) is 18.2. The van der Waals surface area contributed by atoms with Crippen LogP contribution < -0.4 is 121 Å². The molecule has 0 radical (unpaired) electrons. The summed E-state index contributed by atoms with van der Waals surface area (Å²) in [6, 6.07) is -19.2. The Kier molecular flexibility index (Phi) is 66.7. The maximum absolute atomic E-state index is 14.6. The predicted octanol–water partition coefficient (Wildman–Crippen LogP) is -3.21. The molecule has 0 saturated carbocycles. The molecule has 0 aliphatic rings. The number of nitrogens with one attached hydrogen (secondary N) is 13. The van der Waals surface area contributed by atoms with Crippen molar-refractivity contribution in [3.05, 3.63) is 0 Å². The Labute approximate surface area is 824 Å². The second-order valence-electron chi connectivity index (χ2n) is 34.5. The number of nitrogens with two attached hydrogens (primary N) is 9. The van der Waals surface area contributed by atoms with Gasteiger partial charge in [0.1, 0.15) is 78.5 Å². The molecule has 832 valence electrons. The first-order chi connectivity index (χ1) is 66.2. The third kappa shape index (κ3) is 70.1. The number of aliphatic carboxylic acids is 6. The van der Waals surface area contributed by atoms with Crippen molar-refractivity contribution in [1.29, 1.82) is 0 Å². The van der Waals surface area contributed by atoms with Gasteiger partial charge in [-0.15, -0.1) is 0 Å². The molecular weight excluding hydrogens is 1980 g/mol. The summed E-state index contributed by atoms with van der Waals surface area (Å²) in [5.41, 5.74) is 49.5. The van der Waals surface area contributed by atoms with E-state index >= 15 is 0 Å². The van der Waals surface area contributed by atoms with Crippen molar-refractivity contribution in [2.45, 2.75) is 303 Å². The second-order valence-corrected chi connectivity index (χ2v) is 34.5. The predicted molar refractivity (Wildman–Crippen MR) is 491 cm³/mol. The number of carboxylic acids is 6. The van der Waals surface area contributed by atoms with Crippen molar-refractivity contribution in [2.24, 2.45) is 107 Å². The second kappa shape index (κ2) is 69.5. The minimum atomic E-state index is -5.08. The van der Waals surface area contributed by atoms with Crippen LogP contribution in [0.1, 0.15) is 200 Å². The molecule has 0 rings (SSSR count). The lowest BCUT2D eigenvalue weighted by atomic mass is 9.99. The van der Waals surface area contributed by atoms with Crippen molar-refractivity contribution in [1.82, 2.24) is 69.1 Å². The molecule has 0 aromatic carbocycles. The van der Waals surface area contributed by atoms with Crippen LogP contribution in [0.4, 0.5) is 52.7 Å². The zero-order valence-electron chi connectivity index (χ0n) is 82.0. The van der Waals surface area contributed by atoms with Crippen LogP contribution in [0.3, 0.4) is 0 Å². The molecule has 52 nitrogen and oxygen atoms in total. The minimum absolute atomic E-state index is 0.00691. The SMILES string of the molecule is CC(=O)N[C@@H](CCCN=C(N)N)C(=O)N[C@@H](CC(C)C)C(=O)N[C@@H](CC(=O)O)C(=O)N[C@@H](CC(C)C)C(=O)N[C@@H](CCCN=C(N)N)C(=O)N[C@@H](CC(C)C)C(=O)N[C@@H](C)C(=O)N[C@@H](CC(C)C)C(=O)N[C@@H](CCCN=C(N)N)C(=O)N[C@@H](CC(C)C)C(=O)N[C@@H](CC(=O)O)C(=O)N[C@@H](CC(C)C)C(=O)N[C@@H](CCCN=C(N)N)C(N)=O.O=C(O)C(F)(F)F.O=C(O)C(F)(F)F.O=C(O)C(F)(F)F.O=C(O)C(F)(F)F. The van der Waals surface area contributed by atoms with Gasteiger partial charge in [-0.1, -0.05) is 83.1 Å². The highest BCUT2D eigenvalue weighted by Crippen LogP contribution is 2.20. The summed E-state index contributed by atoms with van der Waals surface area (Å²) < 4.78 is 127. The number of halogens is 12. The Hall–Kier alpha value is -14.4. The molecule has 145 heavy (non-hydrogen) atoms. The average molecular weight is 2120 g/mol. The number of aliphatic imine (C=N–C) groups is 4. The highest BCUT2D eigenvalue weighted by molar-refractivity contribution is 6.01. The van der Waals surface area contributed by atoms with Crippen LogP contribution in [0.15, 0.2) is 20.0 Å². The molecule has 64 heteroatoms. The van der Waals surface area contributed by atoms with Gasteiger partial charge < -0.3 is 151 Å². The van der Waals surface area contributed by atoms with Crippen molar-refractivity contribution in [3.63, 3.8) is 0 Å². The van der Waals surface area contributed by atoms with Gasteiger partial charge in [-0.05, 0) is 132 Å². The molecule has 0 aromatic heterocycles. The van der Waals surface area contributed by atoms with E-state index in [9.17, 15) is 140 Å². The van der Waals surface area contributed by atoms with Gasteiger partial charge in [-0.3, -0.25) is 96.7 Å². The number of carbonyl (C=O) groups excluding carboxylic acids is 14. The van der Waals surface area contributed by atoms with E-state index in [0.29, 0.717) is 0 Å². The number of hydrogen-bond acceptors (Lipinski definition) is 24. The van der Waals surface area contributed by atoms with E-state index in [1.807, 2.05) is 0 Å². The number of carbonyl (C=O) groups is 20. The van der Waals surface area contributed by atoms with Crippen molar-refractivity contribution in [3.8, 4) is 0 Å². The van der Waals surface area contributed by atoms with E-state index < -0.39 is 235 Å². The Morgan fingerprint density at radius 3 is 0.559 bits per heavy atom. The number of carboxylic acid groups (broad SMARTS) is 6. The maximum atomic E-state index is 14.6. The van der Waals surface area contributed by atoms with Gasteiger partial charge in [0.05, 0.1) is 12.8 Å². The van der Waals surface area contributed by atoms with E-state index in [4.69, 9.17) is 91.2 Å². The van der Waals surface area contributed by atoms with Crippen molar-refractivity contribution in [2.75, 3.05) is 26.2 Å². The number of primary amides is 1. The molecule has 13 atom stereocenters. The van der Waals surface area contributed by atoms with Gasteiger partial charge in [0.15, 0.2) is 23.8 Å². The monoisotopic (exact) mass is 2120 g/mol. The average Bonchev–Trinajstić information content (AvgIpc) is 1.01. The molecule has 37 N–H and O–H groups in total. The number of alkyl halides is 12. The Morgan fingerprint density at radius 2 is 0.386 bits per heavy atom. The highest BCUT2D eigenvalue weighted by atomic mass is 19.4. The lowest BCUT2D eigenvalue weighted by molar-refractivity contribution is -0.193. The zero-order chi connectivity index (χ0) is 114. The van der Waals surface area contributed by atoms with Crippen molar-refractivity contribution < 1.29 is 179 Å². The minimum Gasteiger partial charge on any atom is -0.481 e. The normalized spacial score (nSPS) is 13.9. The zero-order valence-corrected chi connectivity index (χ0v) is 82.0. The summed E-state index contributed by atoms with van der Waals surface area (Å²) in [4.78, 5) is 271. The van der Waals surface area contributed by atoms with Crippen LogP contribution in [-0.2, 0) is 95.9 Å². The van der Waals surface area contributed by atoms with Crippen LogP contribution in [0.25, 0.3) is 0 Å². The first-order valence-corrected chi connectivity index (χ1v) is 44.3. The van der Waals surface area contributed by atoms with Gasteiger partial charge >= 0.3 is 60.5 Å². The lowest BCUT2D eigenvalue weighted by Crippen LogP contribution is -2.61. The summed E-state index contributed by atoms with van der Waals surface area (Å²) in [5.74, 6) is -30.0. The van der Waals surface area contributed by atoms with E-state index in [1.54, 1.807) is 83.1 Å². The van der Waals surface area contributed by atoms with Gasteiger partial charge in [0.2, 0.25) is 82.7 Å². The topological polar surface area (TPSA) is 903 Å². The molecule has 0 saturated heterocycles. The Balaban J connectivity index is -0.00000201. The largest absolute Gasteiger partial charge is 0.490 e. The number of nitrogens with zero attached hydrogens (tertiary/aromatic N) is 4. The van der Waals surface area contributed by atoms with E-state index in [2.05, 4.69) is 89.1 Å². The Bertz CT molecular complexity index is 4260. The summed E-state index contributed by atoms with van der Waals surface area (Å²) in [7, 11) is 0. The van der Waals surface area contributed by atoms with Crippen LogP contribution >= 0.6 is 0 Å². The quantitative estimate of drug-likeness (QED) is 0.0123. The molecular formula is C81H138F12N26O26. The van der Waals surface area contributed by atoms with Crippen molar-refractivity contribution >= 4 is 142 Å². The van der Waals surface area contributed by atoms with Gasteiger partial charge in [-0.2, -0.15) is 52.7 Å². The van der Waals surface area contributed by atoms with Gasteiger partial charge in [-0.25, -0.2) is 19.2 Å². The summed E-state index contributed by atoms with van der Waals surface area (Å²) in [6.07, 6.45) is -22.5. The smallest absolute Gasteiger partial charge is 0.481 e. The molecule has 0 fully saturated rings. The van der Waals surface area contributed by atoms with Gasteiger partial charge in [0.25, 0.3) is 0 Å². The summed E-state index contributed by atoms with van der Waals surface area (Å²) >= 11 is 0. The first-order valence-electron chi connectivity index (χ1n) is 44.3. The van der Waals surface area contributed by atoms with E-state index in [1.165, 1.54) is 13.8 Å². The van der Waals surface area contributed by atoms with Gasteiger partial charge in [0, 0.05) is 33.1 Å². The standard InChI is InChI=1S/C73H134N26O18.4C2HF3O2/c1-35(2)27-47(93-60(108)45(21-17-25-85-72(79)80)91-65(113)50(30-38(7)8)97-69(117)54(34-56(103)104)98-66(114)51(31-39(9)10)94-59(107)44(88-42(14)100)20-16-24-84-71(77)78)62(110)87-41(13)58(106)92-48(28-36(3)4)64(112)90-46(22-18-26-86-73(81)82)61(109)95-52(32-40(11)12)67(115)99-53(33-55(101)102)68(116)96-49(29-37(5)6)63(111)89-43(57(74)105)19-15-23-83-70(75)76;4*3-2(4,5)1(6)7/h35-41,43-54H,15-34H2,1-14H3,(H2,74,105)(H,87,110)(H,88,100)(H,89,111)(H,90,112)(H,91,113)(H,92,106)(H,93,108)(H,94,107)(H,95,109)(H,96,116)(H,97,117)(H,98,114)(H,99,115)(H,101,102)(H,103,104)(H4,75,76,83)(H4,77,78,84)(H4,79,80,85)(H4,81,82,86);4*(H,6,7)/t41-,43-,44-,45-,46-,47-,48-,49-,50-,51-,52-,53-,54-;;;;/m0..../s1. The molecule has 0 aliphatic carbocycles. The lowest BCUT2D eigenvalue weighted by Gasteiger charge is -2.29. The van der Waals surface area contributed by atoms with E-state index in [0.717, 1.165) is 0 Å². The van der Waals surface area contributed by atoms with Crippen LogP contribution in [-0.4, -0.2) is 302 Å². The number of rotatable bonds is 58. The fourth-order valence-corrected chi connectivity index (χ4v) is 11.7. The maximum Gasteiger partial charge on any atom is 0.490 e. The van der Waals surface area contributed by atoms with Crippen LogP contribution in [0.5, 0.6) is 0 Å². The van der Waals surface area contributed by atoms with E-state index in [-0.39, 0.29) is 175 Å². The first kappa shape index (κ1) is 139. The van der Waals surface area contributed by atoms with Crippen LogP contribution in [0.2, 0.25) is 0 Å². The number of amides is 14. The highest BCUT2D eigenvalue weighted by Gasteiger charge is 2.43. The Morgan fingerprint density at radius 1 is 0.234 bits per heavy atom. The fourth-order valence-electron chi connectivity index (χ4n) is 11.7. The molecule has 14 amide bonds. The molecule has 0 aromatic rings. The summed E-state index contributed by atoms with van der Waals surface area (Å²) in [5, 5.41) is 81.6. The molecule has 0 spiro atoms.